The van der Waals surface area contributed by atoms with Crippen LogP contribution in [0.1, 0.15) is 94.4 Å². The van der Waals surface area contributed by atoms with Crippen LogP contribution in [0.4, 0.5) is 0 Å². The van der Waals surface area contributed by atoms with Crippen LogP contribution < -0.4 is 21.3 Å². The molecule has 0 saturated heterocycles. The van der Waals surface area contributed by atoms with Gasteiger partial charge in [0.05, 0.1) is 6.61 Å². The molecule has 0 aliphatic carbocycles. The molecule has 0 aromatic rings. The number of thioether (sulfide) groups is 1. The maximum absolute atomic E-state index is 13.4. The number of allylic oxidation sites excluding steroid dienone is 5. The van der Waals surface area contributed by atoms with Gasteiger partial charge in [0, 0.05) is 18.4 Å². The zero-order valence-electron chi connectivity index (χ0n) is 29.2. The van der Waals surface area contributed by atoms with Gasteiger partial charge in [0.1, 0.15) is 24.2 Å². The fourth-order valence-corrected chi connectivity index (χ4v) is 5.34. The van der Waals surface area contributed by atoms with E-state index in [1.54, 1.807) is 20.8 Å². The largest absolute Gasteiger partial charge is 0.480 e. The maximum atomic E-state index is 13.4. The van der Waals surface area contributed by atoms with Crippen molar-refractivity contribution in [2.45, 2.75) is 119 Å². The number of rotatable bonds is 22. The standard InChI is InChI=1S/C34H58N4O7S/c1-10-25(8)30(33(43)36-27(19-39)34(44)45)38-32(42)29(22(4)5)37-31(41)28(35-26(9)40)20-46-18-17-24(7)16-12-15-23(6)14-11-13-21(2)3/h13,15,17,22,25,27-30,39H,10-12,14,16,18-20H2,1-9H3,(H,35,40)(H,36,43)(H,37,41)(H,38,42)(H,44,45)/t25-,27-,28-,29-,30-/m0/s1. The molecule has 0 bridgehead atoms. The van der Waals surface area contributed by atoms with Crippen LogP contribution in [0, 0.1) is 11.8 Å². The van der Waals surface area contributed by atoms with E-state index < -0.39 is 54.5 Å². The van der Waals surface area contributed by atoms with Crippen molar-refractivity contribution < 1.29 is 34.2 Å². The second-order valence-electron chi connectivity index (χ2n) is 12.4. The molecule has 5 atom stereocenters. The second kappa shape index (κ2) is 23.2. The third-order valence-corrected chi connectivity index (χ3v) is 8.46. The Morgan fingerprint density at radius 3 is 1.76 bits per heavy atom. The molecule has 46 heavy (non-hydrogen) atoms. The van der Waals surface area contributed by atoms with Crippen molar-refractivity contribution in [3.05, 3.63) is 34.9 Å². The van der Waals surface area contributed by atoms with Gasteiger partial charge in [0.15, 0.2) is 0 Å². The highest BCUT2D eigenvalue weighted by atomic mass is 32.2. The Bertz CT molecular complexity index is 1100. The lowest BCUT2D eigenvalue weighted by Crippen LogP contribution is -2.60. The number of hydrogen-bond acceptors (Lipinski definition) is 7. The summed E-state index contributed by atoms with van der Waals surface area (Å²) in [6.07, 6.45) is 11.2. The normalized spacial score (nSPS) is 15.2. The van der Waals surface area contributed by atoms with Crippen molar-refractivity contribution in [3.8, 4) is 0 Å². The third kappa shape index (κ3) is 18.1. The quantitative estimate of drug-likeness (QED) is 0.0746. The van der Waals surface area contributed by atoms with E-state index in [9.17, 15) is 34.2 Å². The van der Waals surface area contributed by atoms with Crippen molar-refractivity contribution in [2.75, 3.05) is 18.1 Å². The molecule has 0 unspecified atom stereocenters. The average molecular weight is 667 g/mol. The highest BCUT2D eigenvalue weighted by Gasteiger charge is 2.34. The van der Waals surface area contributed by atoms with E-state index in [2.05, 4.69) is 67.2 Å². The molecule has 0 heterocycles. The molecule has 12 heteroatoms. The Morgan fingerprint density at radius 2 is 1.26 bits per heavy atom. The number of carboxylic acid groups (broad SMARTS) is 1. The average Bonchev–Trinajstić information content (AvgIpc) is 2.97. The van der Waals surface area contributed by atoms with Crippen LogP contribution in [0.2, 0.25) is 0 Å². The van der Waals surface area contributed by atoms with Gasteiger partial charge in [-0.3, -0.25) is 19.2 Å². The Morgan fingerprint density at radius 1 is 0.717 bits per heavy atom. The van der Waals surface area contributed by atoms with Crippen LogP contribution in [0.3, 0.4) is 0 Å². The molecule has 0 aliphatic rings. The van der Waals surface area contributed by atoms with E-state index in [-0.39, 0.29) is 17.7 Å². The molecule has 6 N–H and O–H groups in total. The number of aliphatic hydroxyl groups is 1. The number of carboxylic acids is 1. The zero-order valence-corrected chi connectivity index (χ0v) is 30.0. The zero-order chi connectivity index (χ0) is 35.4. The molecule has 0 radical (unpaired) electrons. The van der Waals surface area contributed by atoms with E-state index in [1.165, 1.54) is 35.4 Å². The van der Waals surface area contributed by atoms with Crippen molar-refractivity contribution in [1.29, 1.82) is 0 Å². The summed E-state index contributed by atoms with van der Waals surface area (Å²) in [5, 5.41) is 28.8. The van der Waals surface area contributed by atoms with Crippen LogP contribution in [0.5, 0.6) is 0 Å². The number of hydrogen-bond donors (Lipinski definition) is 6. The van der Waals surface area contributed by atoms with E-state index in [0.29, 0.717) is 17.9 Å². The summed E-state index contributed by atoms with van der Waals surface area (Å²) in [4.78, 5) is 62.7. The van der Waals surface area contributed by atoms with E-state index in [1.807, 2.05) is 6.92 Å². The molecule has 0 spiro atoms. The fourth-order valence-electron chi connectivity index (χ4n) is 4.33. The monoisotopic (exact) mass is 666 g/mol. The number of nitrogens with one attached hydrogen (secondary N) is 4. The van der Waals surface area contributed by atoms with Gasteiger partial charge >= 0.3 is 5.97 Å². The summed E-state index contributed by atoms with van der Waals surface area (Å²) < 4.78 is 0. The SMILES string of the molecule is CC[C@H](C)[C@H](NC(=O)[C@@H](NC(=O)[C@H](CSCC=C(C)CCC=C(C)CCC=C(C)C)NC(C)=O)C(C)C)C(=O)N[C@@H](CO)C(=O)O. The van der Waals surface area contributed by atoms with E-state index in [0.717, 1.165) is 25.7 Å². The van der Waals surface area contributed by atoms with Crippen molar-refractivity contribution in [2.24, 2.45) is 11.8 Å². The smallest absolute Gasteiger partial charge is 0.328 e. The van der Waals surface area contributed by atoms with Crippen LogP contribution in [-0.2, 0) is 24.0 Å². The van der Waals surface area contributed by atoms with Crippen LogP contribution in [0.15, 0.2) is 34.9 Å². The molecule has 4 amide bonds. The lowest BCUT2D eigenvalue weighted by Gasteiger charge is -2.29. The van der Waals surface area contributed by atoms with Gasteiger partial charge in [-0.25, -0.2) is 4.79 Å². The molecule has 262 valence electrons. The molecule has 0 aromatic carbocycles. The van der Waals surface area contributed by atoms with Gasteiger partial charge in [0.25, 0.3) is 0 Å². The van der Waals surface area contributed by atoms with Gasteiger partial charge in [-0.2, -0.15) is 11.8 Å². The van der Waals surface area contributed by atoms with Crippen molar-refractivity contribution in [3.63, 3.8) is 0 Å². The molecule has 0 rings (SSSR count). The number of aliphatic hydroxyl groups excluding tert-OH is 1. The minimum atomic E-state index is -1.52. The van der Waals surface area contributed by atoms with Gasteiger partial charge in [-0.15, -0.1) is 0 Å². The minimum absolute atomic E-state index is 0.292. The first-order valence-corrected chi connectivity index (χ1v) is 17.2. The Balaban J connectivity index is 5.36. The summed E-state index contributed by atoms with van der Waals surface area (Å²) in [6, 6.07) is -4.52. The molecular formula is C34H58N4O7S. The first kappa shape index (κ1) is 42.9. The summed E-state index contributed by atoms with van der Waals surface area (Å²) in [5.74, 6) is -3.46. The molecule has 0 fully saturated rings. The van der Waals surface area contributed by atoms with Gasteiger partial charge < -0.3 is 31.5 Å². The first-order valence-electron chi connectivity index (χ1n) is 16.1. The Kier molecular flexibility index (Phi) is 21.7. The predicted molar refractivity (Wildman–Crippen MR) is 185 cm³/mol. The summed E-state index contributed by atoms with van der Waals surface area (Å²) in [7, 11) is 0. The highest BCUT2D eigenvalue weighted by molar-refractivity contribution is 7.99. The van der Waals surface area contributed by atoms with E-state index >= 15 is 0 Å². The number of amides is 4. The maximum Gasteiger partial charge on any atom is 0.328 e. The summed E-state index contributed by atoms with van der Waals surface area (Å²) >= 11 is 1.49. The highest BCUT2D eigenvalue weighted by Crippen LogP contribution is 2.14. The third-order valence-electron chi connectivity index (χ3n) is 7.49. The first-order chi connectivity index (χ1) is 21.5. The van der Waals surface area contributed by atoms with Crippen LogP contribution in [-0.4, -0.2) is 82.1 Å². The molecule has 0 saturated carbocycles. The van der Waals surface area contributed by atoms with Gasteiger partial charge in [0.2, 0.25) is 23.6 Å². The van der Waals surface area contributed by atoms with Crippen molar-refractivity contribution in [1.82, 2.24) is 21.3 Å². The topological polar surface area (TPSA) is 174 Å². The van der Waals surface area contributed by atoms with Crippen LogP contribution >= 0.6 is 11.8 Å². The number of carbonyl (C=O) groups excluding carboxylic acids is 4. The van der Waals surface area contributed by atoms with Crippen LogP contribution in [0.25, 0.3) is 0 Å². The summed E-state index contributed by atoms with van der Waals surface area (Å²) in [6.45, 7) is 16.0. The molecule has 0 aromatic heterocycles. The molecule has 0 aliphatic heterocycles. The fraction of sp³-hybridized carbons (Fsp3) is 0.676. The van der Waals surface area contributed by atoms with E-state index in [4.69, 9.17) is 0 Å². The Labute approximate surface area is 279 Å². The summed E-state index contributed by atoms with van der Waals surface area (Å²) in [5.41, 5.74) is 3.95. The minimum Gasteiger partial charge on any atom is -0.480 e. The Hall–Kier alpha value is -3.12. The van der Waals surface area contributed by atoms with Gasteiger partial charge in [-0.1, -0.05) is 69.1 Å². The molecular weight excluding hydrogens is 608 g/mol. The predicted octanol–water partition coefficient (Wildman–Crippen LogP) is 3.88. The number of carbonyl (C=O) groups is 5. The van der Waals surface area contributed by atoms with Crippen molar-refractivity contribution >= 4 is 41.4 Å². The second-order valence-corrected chi connectivity index (χ2v) is 13.5. The lowest BCUT2D eigenvalue weighted by molar-refractivity contribution is -0.143. The number of aliphatic carboxylic acids is 1. The molecule has 11 nitrogen and oxygen atoms in total. The van der Waals surface area contributed by atoms with Gasteiger partial charge in [-0.05, 0) is 65.2 Å². The lowest BCUT2D eigenvalue weighted by atomic mass is 9.96.